The molecule has 0 atom stereocenters. The van der Waals surface area contributed by atoms with Crippen LogP contribution in [-0.4, -0.2) is 29.4 Å². The van der Waals surface area contributed by atoms with E-state index in [1.165, 1.54) is 11.3 Å². The van der Waals surface area contributed by atoms with Gasteiger partial charge in [0.05, 0.1) is 0 Å². The quantitative estimate of drug-likeness (QED) is 0.397. The predicted octanol–water partition coefficient (Wildman–Crippen LogP) is 4.31. The van der Waals surface area contributed by atoms with Crippen LogP contribution in [0.25, 0.3) is 0 Å². The molecular weight excluding hydrogens is 470 g/mol. The second-order valence-corrected chi connectivity index (χ2v) is 7.86. The predicted molar refractivity (Wildman–Crippen MR) is 121 cm³/mol. The van der Waals surface area contributed by atoms with E-state index in [4.69, 9.17) is 0 Å². The Morgan fingerprint density at radius 3 is 2.23 bits per heavy atom. The number of hydrogen-bond donors (Lipinski definition) is 4. The standard InChI is InChI=1S/C20H18BrN5O3S/c21-14-3-7-16(8-4-14)25-19(29)22-10-9-17(27)24-15-5-1-13(2-6-15)18(28)26-20-23-11-12-30-20/h1-8,11-12H,9-10H2,(H,24,27)(H2,22,25,29)(H,23,26,28). The molecule has 0 aliphatic heterocycles. The number of carbonyl (C=O) groups is 3. The Labute approximate surface area is 185 Å². The minimum atomic E-state index is -0.388. The van der Waals surface area contributed by atoms with E-state index in [1.54, 1.807) is 48.0 Å². The summed E-state index contributed by atoms with van der Waals surface area (Å²) >= 11 is 4.66. The number of nitrogens with zero attached hydrogens (tertiary/aromatic N) is 1. The molecule has 4 N–H and O–H groups in total. The zero-order chi connectivity index (χ0) is 21.3. The fourth-order valence-corrected chi connectivity index (χ4v) is 3.17. The number of hydrogen-bond acceptors (Lipinski definition) is 5. The average Bonchev–Trinajstić information content (AvgIpc) is 3.23. The average molecular weight is 488 g/mol. The van der Waals surface area contributed by atoms with Crippen molar-refractivity contribution in [2.45, 2.75) is 6.42 Å². The van der Waals surface area contributed by atoms with Crippen LogP contribution in [0.4, 0.5) is 21.3 Å². The van der Waals surface area contributed by atoms with Gasteiger partial charge in [-0.15, -0.1) is 11.3 Å². The summed E-state index contributed by atoms with van der Waals surface area (Å²) in [7, 11) is 0. The van der Waals surface area contributed by atoms with Crippen LogP contribution in [0.5, 0.6) is 0 Å². The lowest BCUT2D eigenvalue weighted by Crippen LogP contribution is -2.31. The highest BCUT2D eigenvalue weighted by Crippen LogP contribution is 2.15. The van der Waals surface area contributed by atoms with Crippen molar-refractivity contribution in [3.63, 3.8) is 0 Å². The van der Waals surface area contributed by atoms with Crippen LogP contribution in [0.1, 0.15) is 16.8 Å². The van der Waals surface area contributed by atoms with Gasteiger partial charge in [-0.1, -0.05) is 15.9 Å². The summed E-state index contributed by atoms with van der Waals surface area (Å²) in [4.78, 5) is 40.0. The van der Waals surface area contributed by atoms with Crippen molar-refractivity contribution in [3.05, 3.63) is 70.1 Å². The van der Waals surface area contributed by atoms with Crippen molar-refractivity contribution in [3.8, 4) is 0 Å². The minimum Gasteiger partial charge on any atom is -0.337 e. The molecule has 2 aromatic carbocycles. The summed E-state index contributed by atoms with van der Waals surface area (Å²) < 4.78 is 0.915. The van der Waals surface area contributed by atoms with Crippen molar-refractivity contribution in [1.29, 1.82) is 0 Å². The Morgan fingerprint density at radius 1 is 0.900 bits per heavy atom. The first-order valence-electron chi connectivity index (χ1n) is 8.91. The molecule has 30 heavy (non-hydrogen) atoms. The molecule has 0 spiro atoms. The van der Waals surface area contributed by atoms with E-state index < -0.39 is 0 Å². The molecule has 0 unspecified atom stereocenters. The molecule has 0 fully saturated rings. The lowest BCUT2D eigenvalue weighted by Gasteiger charge is -2.09. The van der Waals surface area contributed by atoms with E-state index in [0.29, 0.717) is 22.1 Å². The monoisotopic (exact) mass is 487 g/mol. The number of anilines is 3. The number of aromatic nitrogens is 1. The van der Waals surface area contributed by atoms with Gasteiger partial charge in [-0.25, -0.2) is 9.78 Å². The number of rotatable bonds is 7. The highest BCUT2D eigenvalue weighted by atomic mass is 79.9. The summed E-state index contributed by atoms with van der Waals surface area (Å²) in [5.74, 6) is -0.525. The van der Waals surface area contributed by atoms with Gasteiger partial charge in [0.25, 0.3) is 5.91 Å². The maximum Gasteiger partial charge on any atom is 0.319 e. The van der Waals surface area contributed by atoms with Gasteiger partial charge in [0.2, 0.25) is 5.91 Å². The first kappa shape index (κ1) is 21.5. The Balaban J connectivity index is 1.39. The SMILES string of the molecule is O=C(CCNC(=O)Nc1ccc(Br)cc1)Nc1ccc(C(=O)Nc2nccs2)cc1. The zero-order valence-corrected chi connectivity index (χ0v) is 18.0. The molecule has 0 saturated carbocycles. The molecular formula is C20H18BrN5O3S. The van der Waals surface area contributed by atoms with Gasteiger partial charge in [-0.05, 0) is 48.5 Å². The maximum atomic E-state index is 12.1. The first-order valence-corrected chi connectivity index (χ1v) is 10.6. The Bertz CT molecular complexity index is 1010. The van der Waals surface area contributed by atoms with Gasteiger partial charge < -0.3 is 16.0 Å². The summed E-state index contributed by atoms with van der Waals surface area (Å²) in [5.41, 5.74) is 1.67. The number of benzene rings is 2. The summed E-state index contributed by atoms with van der Waals surface area (Å²) in [6, 6.07) is 13.3. The summed E-state index contributed by atoms with van der Waals surface area (Å²) in [6.45, 7) is 0.183. The molecule has 10 heteroatoms. The molecule has 3 rings (SSSR count). The maximum absolute atomic E-state index is 12.1. The topological polar surface area (TPSA) is 112 Å². The van der Waals surface area contributed by atoms with Crippen LogP contribution >= 0.6 is 27.3 Å². The first-order chi connectivity index (χ1) is 14.5. The zero-order valence-electron chi connectivity index (χ0n) is 15.6. The van der Waals surface area contributed by atoms with Crippen LogP contribution in [0.2, 0.25) is 0 Å². The van der Waals surface area contributed by atoms with Crippen LogP contribution in [0.3, 0.4) is 0 Å². The van der Waals surface area contributed by atoms with Gasteiger partial charge in [0.15, 0.2) is 5.13 Å². The Kier molecular flexibility index (Phi) is 7.52. The molecule has 3 aromatic rings. The molecule has 0 saturated heterocycles. The van der Waals surface area contributed by atoms with Crippen LogP contribution in [0, 0.1) is 0 Å². The molecule has 1 aromatic heterocycles. The Hall–Kier alpha value is -3.24. The number of carbonyl (C=O) groups excluding carboxylic acids is 3. The smallest absolute Gasteiger partial charge is 0.319 e. The third-order valence-corrected chi connectivity index (χ3v) is 5.04. The minimum absolute atomic E-state index is 0.111. The summed E-state index contributed by atoms with van der Waals surface area (Å²) in [6.07, 6.45) is 1.72. The van der Waals surface area contributed by atoms with E-state index in [1.807, 2.05) is 12.1 Å². The number of halogens is 1. The molecule has 1 heterocycles. The van der Waals surface area contributed by atoms with E-state index in [9.17, 15) is 14.4 Å². The van der Waals surface area contributed by atoms with Gasteiger partial charge in [0.1, 0.15) is 0 Å². The lowest BCUT2D eigenvalue weighted by molar-refractivity contribution is -0.116. The fourth-order valence-electron chi connectivity index (χ4n) is 2.38. The lowest BCUT2D eigenvalue weighted by atomic mass is 10.2. The van der Waals surface area contributed by atoms with Crippen molar-refractivity contribution >= 4 is 61.6 Å². The van der Waals surface area contributed by atoms with Crippen molar-refractivity contribution in [2.24, 2.45) is 0 Å². The second kappa shape index (κ2) is 10.5. The van der Waals surface area contributed by atoms with Crippen molar-refractivity contribution < 1.29 is 14.4 Å². The van der Waals surface area contributed by atoms with Gasteiger partial charge in [-0.2, -0.15) is 0 Å². The van der Waals surface area contributed by atoms with Crippen molar-refractivity contribution in [1.82, 2.24) is 10.3 Å². The van der Waals surface area contributed by atoms with E-state index >= 15 is 0 Å². The molecule has 0 radical (unpaired) electrons. The molecule has 8 nitrogen and oxygen atoms in total. The molecule has 0 aliphatic rings. The molecule has 4 amide bonds. The number of nitrogens with one attached hydrogen (secondary N) is 4. The van der Waals surface area contributed by atoms with Gasteiger partial charge in [-0.3, -0.25) is 14.9 Å². The van der Waals surface area contributed by atoms with Crippen molar-refractivity contribution in [2.75, 3.05) is 22.5 Å². The molecule has 154 valence electrons. The highest BCUT2D eigenvalue weighted by Gasteiger charge is 2.09. The third-order valence-electron chi connectivity index (χ3n) is 3.82. The number of amides is 4. The Morgan fingerprint density at radius 2 is 1.57 bits per heavy atom. The summed E-state index contributed by atoms with van der Waals surface area (Å²) in [5, 5.41) is 13.0. The largest absolute Gasteiger partial charge is 0.337 e. The fraction of sp³-hybridized carbons (Fsp3) is 0.100. The van der Waals surface area contributed by atoms with E-state index in [0.717, 1.165) is 4.47 Å². The van der Waals surface area contributed by atoms with Crippen LogP contribution in [-0.2, 0) is 4.79 Å². The second-order valence-electron chi connectivity index (χ2n) is 6.05. The van der Waals surface area contributed by atoms with Crippen LogP contribution < -0.4 is 21.3 Å². The van der Waals surface area contributed by atoms with E-state index in [2.05, 4.69) is 42.2 Å². The molecule has 0 bridgehead atoms. The van der Waals surface area contributed by atoms with Crippen LogP contribution in [0.15, 0.2) is 64.6 Å². The van der Waals surface area contributed by atoms with Gasteiger partial charge >= 0.3 is 6.03 Å². The van der Waals surface area contributed by atoms with Gasteiger partial charge in [0, 0.05) is 46.0 Å². The van der Waals surface area contributed by atoms with E-state index in [-0.39, 0.29) is 30.8 Å². The molecule has 0 aliphatic carbocycles. The highest BCUT2D eigenvalue weighted by molar-refractivity contribution is 9.10. The third kappa shape index (κ3) is 6.68. The number of thiazole rings is 1. The number of urea groups is 1. The normalized spacial score (nSPS) is 10.2.